The third-order valence-electron chi connectivity index (χ3n) is 3.87. The zero-order chi connectivity index (χ0) is 18.6. The standard InChI is InChI=1S/C14H21N5O6/c15-7(2-1-5-20)12(23)17-6-8-10(21)11(22)13(25-8)19-4-3-9(16)18-14(19)24/h3-5,7-8,10-11,13,21-22H,1-2,6,15H2,(H,17,23)(H2,16,18,24)/t7?,8-,10-,11-,13-/m1/s1. The van der Waals surface area contributed by atoms with E-state index in [4.69, 9.17) is 16.2 Å². The summed E-state index contributed by atoms with van der Waals surface area (Å²) in [6.07, 6.45) is -2.54. The van der Waals surface area contributed by atoms with Crippen LogP contribution in [0.2, 0.25) is 0 Å². The summed E-state index contributed by atoms with van der Waals surface area (Å²) in [6, 6.07) is 0.485. The highest BCUT2D eigenvalue weighted by Crippen LogP contribution is 2.28. The van der Waals surface area contributed by atoms with Crippen molar-refractivity contribution in [1.29, 1.82) is 0 Å². The van der Waals surface area contributed by atoms with Gasteiger partial charge in [-0.3, -0.25) is 9.36 Å². The summed E-state index contributed by atoms with van der Waals surface area (Å²) in [5.41, 5.74) is 10.3. The molecular formula is C14H21N5O6. The number of nitrogens with two attached hydrogens (primary N) is 2. The van der Waals surface area contributed by atoms with E-state index in [1.165, 1.54) is 12.3 Å². The number of hydrogen-bond donors (Lipinski definition) is 5. The lowest BCUT2D eigenvalue weighted by Crippen LogP contribution is -2.46. The van der Waals surface area contributed by atoms with Crippen molar-refractivity contribution in [2.24, 2.45) is 5.73 Å². The van der Waals surface area contributed by atoms with Gasteiger partial charge in [0.15, 0.2) is 6.23 Å². The van der Waals surface area contributed by atoms with Crippen LogP contribution in [0.1, 0.15) is 19.1 Å². The van der Waals surface area contributed by atoms with E-state index in [2.05, 4.69) is 10.3 Å². The smallest absolute Gasteiger partial charge is 0.351 e. The zero-order valence-corrected chi connectivity index (χ0v) is 13.3. The van der Waals surface area contributed by atoms with Gasteiger partial charge in [-0.25, -0.2) is 4.79 Å². The molecule has 1 aliphatic heterocycles. The van der Waals surface area contributed by atoms with Crippen LogP contribution in [0.15, 0.2) is 17.1 Å². The molecule has 0 spiro atoms. The number of nitrogen functional groups attached to an aromatic ring is 1. The number of carbonyl (C=O) groups excluding carboxylic acids is 2. The number of nitrogens with one attached hydrogen (secondary N) is 1. The van der Waals surface area contributed by atoms with Crippen LogP contribution in [0.4, 0.5) is 5.82 Å². The monoisotopic (exact) mass is 355 g/mol. The first kappa shape index (κ1) is 19.0. The van der Waals surface area contributed by atoms with Gasteiger partial charge in [-0.2, -0.15) is 4.98 Å². The molecule has 1 aromatic heterocycles. The van der Waals surface area contributed by atoms with Crippen LogP contribution in [0.25, 0.3) is 0 Å². The molecule has 2 heterocycles. The molecule has 0 radical (unpaired) electrons. The topological polar surface area (TPSA) is 183 Å². The number of rotatable bonds is 7. The van der Waals surface area contributed by atoms with Crippen LogP contribution >= 0.6 is 0 Å². The van der Waals surface area contributed by atoms with Crippen LogP contribution < -0.4 is 22.5 Å². The number of ether oxygens (including phenoxy) is 1. The summed E-state index contributed by atoms with van der Waals surface area (Å²) >= 11 is 0. The van der Waals surface area contributed by atoms with Crippen LogP contribution in [0.3, 0.4) is 0 Å². The van der Waals surface area contributed by atoms with Crippen molar-refractivity contribution < 1.29 is 24.5 Å². The Labute approximate surface area is 142 Å². The van der Waals surface area contributed by atoms with E-state index < -0.39 is 42.2 Å². The Balaban J connectivity index is 1.98. The molecule has 11 heteroatoms. The fourth-order valence-corrected chi connectivity index (χ4v) is 2.46. The maximum absolute atomic E-state index is 11.8. The second kappa shape index (κ2) is 8.16. The van der Waals surface area contributed by atoms with Crippen molar-refractivity contribution in [2.45, 2.75) is 43.4 Å². The minimum Gasteiger partial charge on any atom is -0.387 e. The van der Waals surface area contributed by atoms with Gasteiger partial charge in [0, 0.05) is 19.2 Å². The summed E-state index contributed by atoms with van der Waals surface area (Å²) in [6.45, 7) is -0.125. The highest BCUT2D eigenvalue weighted by molar-refractivity contribution is 5.81. The molecule has 1 saturated heterocycles. The Kier molecular flexibility index (Phi) is 6.20. The number of aliphatic hydroxyl groups excluding tert-OH is 2. The molecule has 1 unspecified atom stereocenters. The van der Waals surface area contributed by atoms with Crippen molar-refractivity contribution in [1.82, 2.24) is 14.9 Å². The molecule has 25 heavy (non-hydrogen) atoms. The van der Waals surface area contributed by atoms with E-state index >= 15 is 0 Å². The average Bonchev–Trinajstić information content (AvgIpc) is 2.85. The number of amides is 1. The minimum absolute atomic E-state index is 0.0161. The van der Waals surface area contributed by atoms with Gasteiger partial charge in [-0.15, -0.1) is 0 Å². The molecule has 138 valence electrons. The molecule has 11 nitrogen and oxygen atoms in total. The number of hydrogen-bond acceptors (Lipinski definition) is 9. The van der Waals surface area contributed by atoms with E-state index in [1.54, 1.807) is 0 Å². The zero-order valence-electron chi connectivity index (χ0n) is 13.3. The number of anilines is 1. The van der Waals surface area contributed by atoms with Crippen LogP contribution in [-0.2, 0) is 14.3 Å². The van der Waals surface area contributed by atoms with Crippen molar-refractivity contribution in [3.63, 3.8) is 0 Å². The molecule has 5 atom stereocenters. The molecular weight excluding hydrogens is 334 g/mol. The Morgan fingerprint density at radius 2 is 2.20 bits per heavy atom. The number of aliphatic hydroxyl groups is 2. The van der Waals surface area contributed by atoms with E-state index in [0.29, 0.717) is 6.29 Å². The summed E-state index contributed by atoms with van der Waals surface area (Å²) in [7, 11) is 0. The molecule has 2 rings (SSSR count). The third kappa shape index (κ3) is 4.39. The molecule has 0 aromatic carbocycles. The highest BCUT2D eigenvalue weighted by Gasteiger charge is 2.44. The number of carbonyl (C=O) groups is 2. The first-order valence-corrected chi connectivity index (χ1v) is 7.68. The normalized spacial score (nSPS) is 27.0. The summed E-state index contributed by atoms with van der Waals surface area (Å²) < 4.78 is 6.48. The molecule has 1 aromatic rings. The molecule has 1 amide bonds. The molecule has 0 aliphatic carbocycles. The molecule has 0 bridgehead atoms. The first-order chi connectivity index (χ1) is 11.8. The lowest BCUT2D eigenvalue weighted by atomic mass is 10.1. The van der Waals surface area contributed by atoms with E-state index in [1.807, 2.05) is 0 Å². The second-order valence-corrected chi connectivity index (χ2v) is 5.68. The number of nitrogens with zero attached hydrogens (tertiary/aromatic N) is 2. The maximum Gasteiger partial charge on any atom is 0.351 e. The van der Waals surface area contributed by atoms with Crippen LogP contribution in [0.5, 0.6) is 0 Å². The van der Waals surface area contributed by atoms with Gasteiger partial charge in [-0.05, 0) is 12.5 Å². The Bertz CT molecular complexity index is 680. The average molecular weight is 355 g/mol. The largest absolute Gasteiger partial charge is 0.387 e. The van der Waals surface area contributed by atoms with E-state index in [-0.39, 0.29) is 25.2 Å². The Hall–Kier alpha value is -2.34. The van der Waals surface area contributed by atoms with Gasteiger partial charge in [0.2, 0.25) is 5.91 Å². The first-order valence-electron chi connectivity index (χ1n) is 7.68. The van der Waals surface area contributed by atoms with Crippen LogP contribution in [-0.4, -0.2) is 62.9 Å². The van der Waals surface area contributed by atoms with Crippen molar-refractivity contribution in [3.05, 3.63) is 22.7 Å². The predicted octanol–water partition coefficient (Wildman–Crippen LogP) is -3.13. The summed E-state index contributed by atoms with van der Waals surface area (Å²) in [4.78, 5) is 37.4. The summed E-state index contributed by atoms with van der Waals surface area (Å²) in [5, 5.41) is 22.6. The summed E-state index contributed by atoms with van der Waals surface area (Å²) in [5.74, 6) is -0.496. The van der Waals surface area contributed by atoms with Gasteiger partial charge in [-0.1, -0.05) is 0 Å². The molecule has 1 fully saturated rings. The van der Waals surface area contributed by atoms with Crippen LogP contribution in [0, 0.1) is 0 Å². The van der Waals surface area contributed by atoms with Gasteiger partial charge < -0.3 is 36.5 Å². The van der Waals surface area contributed by atoms with Gasteiger partial charge in [0.05, 0.1) is 6.04 Å². The van der Waals surface area contributed by atoms with E-state index in [0.717, 1.165) is 4.57 Å². The number of aromatic nitrogens is 2. The lowest BCUT2D eigenvalue weighted by molar-refractivity contribution is -0.123. The number of aldehydes is 1. The molecule has 0 saturated carbocycles. The SMILES string of the molecule is Nc1ccn([C@@H]2O[C@H](CNC(=O)C(N)CCC=O)[C@@H](O)[C@H]2O)c(=O)n1. The second-order valence-electron chi connectivity index (χ2n) is 5.68. The third-order valence-corrected chi connectivity index (χ3v) is 3.87. The predicted molar refractivity (Wildman–Crippen MR) is 85.1 cm³/mol. The maximum atomic E-state index is 11.8. The van der Waals surface area contributed by atoms with Gasteiger partial charge >= 0.3 is 5.69 Å². The van der Waals surface area contributed by atoms with Crippen molar-refractivity contribution in [3.8, 4) is 0 Å². The molecule has 1 aliphatic rings. The van der Waals surface area contributed by atoms with E-state index in [9.17, 15) is 24.6 Å². The lowest BCUT2D eigenvalue weighted by Gasteiger charge is -2.17. The highest BCUT2D eigenvalue weighted by atomic mass is 16.6. The van der Waals surface area contributed by atoms with Gasteiger partial charge in [0.25, 0.3) is 0 Å². The van der Waals surface area contributed by atoms with Gasteiger partial charge in [0.1, 0.15) is 30.4 Å². The fourth-order valence-electron chi connectivity index (χ4n) is 2.46. The molecule has 7 N–H and O–H groups in total. The fraction of sp³-hybridized carbons (Fsp3) is 0.571. The van der Waals surface area contributed by atoms with Crippen molar-refractivity contribution in [2.75, 3.05) is 12.3 Å². The Morgan fingerprint density at radius 3 is 2.84 bits per heavy atom. The Morgan fingerprint density at radius 1 is 1.48 bits per heavy atom. The minimum atomic E-state index is -1.39. The quantitative estimate of drug-likeness (QED) is 0.316. The van der Waals surface area contributed by atoms with Crippen molar-refractivity contribution >= 4 is 18.0 Å².